The summed E-state index contributed by atoms with van der Waals surface area (Å²) in [6, 6.07) is 12.1. The minimum absolute atomic E-state index is 0.210. The third kappa shape index (κ3) is 4.84. The van der Waals surface area contributed by atoms with Gasteiger partial charge in [-0.05, 0) is 50.5 Å². The molecule has 1 amide bonds. The van der Waals surface area contributed by atoms with Crippen molar-refractivity contribution in [1.82, 2.24) is 9.62 Å². The maximum Gasteiger partial charge on any atom is 0.251 e. The lowest BCUT2D eigenvalue weighted by molar-refractivity contribution is 0.0939. The van der Waals surface area contributed by atoms with Gasteiger partial charge >= 0.3 is 0 Å². The second-order valence-electron chi connectivity index (χ2n) is 7.74. The van der Waals surface area contributed by atoms with Crippen molar-refractivity contribution in [2.24, 2.45) is 0 Å². The molecule has 1 heterocycles. The van der Waals surface area contributed by atoms with E-state index in [1.807, 2.05) is 31.2 Å². The number of ether oxygens (including phenoxy) is 1. The molecule has 1 atom stereocenters. The van der Waals surface area contributed by atoms with Crippen LogP contribution in [0.1, 0.15) is 60.1 Å². The van der Waals surface area contributed by atoms with Crippen LogP contribution in [-0.2, 0) is 10.0 Å². The minimum atomic E-state index is -3.63. The van der Waals surface area contributed by atoms with Gasteiger partial charge in [-0.3, -0.25) is 4.79 Å². The highest BCUT2D eigenvalue weighted by Crippen LogP contribution is 2.26. The first-order chi connectivity index (χ1) is 14.3. The number of hydrogen-bond donors (Lipinski definition) is 1. The summed E-state index contributed by atoms with van der Waals surface area (Å²) < 4.78 is 33.4. The van der Waals surface area contributed by atoms with Crippen LogP contribution >= 0.6 is 0 Å². The van der Waals surface area contributed by atoms with E-state index in [1.54, 1.807) is 30.5 Å². The number of nitrogens with zero attached hydrogens (tertiary/aromatic N) is 1. The molecule has 1 aliphatic heterocycles. The van der Waals surface area contributed by atoms with Crippen LogP contribution in [0.3, 0.4) is 0 Å². The molecule has 1 saturated heterocycles. The van der Waals surface area contributed by atoms with Crippen LogP contribution in [-0.4, -0.2) is 38.8 Å². The third-order valence-corrected chi connectivity index (χ3v) is 7.63. The Morgan fingerprint density at radius 3 is 2.40 bits per heavy atom. The number of hydrogen-bond acceptors (Lipinski definition) is 4. The molecular formula is C23H30N2O4S. The molecule has 1 N–H and O–H groups in total. The molecule has 1 fully saturated rings. The maximum absolute atomic E-state index is 13.2. The van der Waals surface area contributed by atoms with Gasteiger partial charge in [0.1, 0.15) is 5.75 Å². The molecule has 0 saturated carbocycles. The summed E-state index contributed by atoms with van der Waals surface area (Å²) in [5.41, 5.74) is 1.84. The monoisotopic (exact) mass is 430 g/mol. The predicted octanol–water partition coefficient (Wildman–Crippen LogP) is 4.06. The summed E-state index contributed by atoms with van der Waals surface area (Å²) in [6.07, 6.45) is 3.84. The van der Waals surface area contributed by atoms with Crippen LogP contribution in [0.25, 0.3) is 0 Å². The zero-order chi connectivity index (χ0) is 21.7. The first-order valence-corrected chi connectivity index (χ1v) is 11.8. The fourth-order valence-electron chi connectivity index (χ4n) is 3.82. The second-order valence-corrected chi connectivity index (χ2v) is 9.64. The van der Waals surface area contributed by atoms with Crippen molar-refractivity contribution >= 4 is 15.9 Å². The molecule has 30 heavy (non-hydrogen) atoms. The van der Waals surface area contributed by atoms with Crippen molar-refractivity contribution in [1.29, 1.82) is 0 Å². The number of methoxy groups -OCH3 is 1. The minimum Gasteiger partial charge on any atom is -0.496 e. The number of carbonyl (C=O) groups excluding carboxylic acids is 1. The molecule has 0 aliphatic carbocycles. The normalized spacial score (nSPS) is 16.5. The first-order valence-electron chi connectivity index (χ1n) is 10.4. The lowest BCUT2D eigenvalue weighted by Gasteiger charge is -2.22. The molecule has 7 heteroatoms. The van der Waals surface area contributed by atoms with Gasteiger partial charge in [-0.15, -0.1) is 0 Å². The molecule has 2 aromatic rings. The third-order valence-electron chi connectivity index (χ3n) is 5.59. The van der Waals surface area contributed by atoms with E-state index in [0.717, 1.165) is 31.2 Å². The molecule has 0 spiro atoms. The number of nitrogens with one attached hydrogen (secondary N) is 1. The van der Waals surface area contributed by atoms with E-state index in [4.69, 9.17) is 4.74 Å². The molecule has 6 nitrogen and oxygen atoms in total. The molecule has 0 aromatic heterocycles. The van der Waals surface area contributed by atoms with E-state index in [2.05, 4.69) is 5.32 Å². The van der Waals surface area contributed by atoms with Gasteiger partial charge in [-0.1, -0.05) is 37.1 Å². The fourth-order valence-corrected chi connectivity index (χ4v) is 5.59. The molecule has 0 unspecified atom stereocenters. The highest BCUT2D eigenvalue weighted by Gasteiger charge is 2.27. The van der Waals surface area contributed by atoms with Gasteiger partial charge < -0.3 is 10.1 Å². The Bertz CT molecular complexity index is 996. The van der Waals surface area contributed by atoms with Gasteiger partial charge in [0.05, 0.1) is 18.0 Å². The largest absolute Gasteiger partial charge is 0.496 e. The van der Waals surface area contributed by atoms with Crippen LogP contribution in [0.2, 0.25) is 0 Å². The van der Waals surface area contributed by atoms with Crippen LogP contribution < -0.4 is 10.1 Å². The standard InChI is InChI=1S/C23H30N2O4S/c1-17-12-13-19(16-22(17)30(27,28)25-14-8-4-5-9-15-25)23(26)24-18(2)20-10-6-7-11-21(20)29-3/h6-7,10-13,16,18H,4-5,8-9,14-15H2,1-3H3,(H,24,26)/t18-/m0/s1. The lowest BCUT2D eigenvalue weighted by Crippen LogP contribution is -2.33. The quantitative estimate of drug-likeness (QED) is 0.750. The number of rotatable bonds is 6. The Kier molecular flexibility index (Phi) is 7.15. The number of aryl methyl sites for hydroxylation is 1. The van der Waals surface area contributed by atoms with Crippen molar-refractivity contribution < 1.29 is 17.9 Å². The summed E-state index contributed by atoms with van der Waals surface area (Å²) >= 11 is 0. The summed E-state index contributed by atoms with van der Waals surface area (Å²) in [5.74, 6) is 0.374. The van der Waals surface area contributed by atoms with Crippen molar-refractivity contribution in [3.05, 3.63) is 59.2 Å². The Labute approximate surface area is 179 Å². The molecule has 3 rings (SSSR count). The van der Waals surface area contributed by atoms with Gasteiger partial charge in [0.25, 0.3) is 5.91 Å². The van der Waals surface area contributed by atoms with Crippen LogP contribution in [0.15, 0.2) is 47.4 Å². The van der Waals surface area contributed by atoms with Gasteiger partial charge in [-0.2, -0.15) is 4.31 Å². The zero-order valence-electron chi connectivity index (χ0n) is 17.8. The predicted molar refractivity (Wildman–Crippen MR) is 117 cm³/mol. The highest BCUT2D eigenvalue weighted by atomic mass is 32.2. The van der Waals surface area contributed by atoms with E-state index >= 15 is 0 Å². The van der Waals surface area contributed by atoms with E-state index < -0.39 is 10.0 Å². The van der Waals surface area contributed by atoms with Crippen molar-refractivity contribution in [2.45, 2.75) is 50.5 Å². The Morgan fingerprint density at radius 2 is 1.73 bits per heavy atom. The lowest BCUT2D eigenvalue weighted by atomic mass is 10.1. The number of sulfonamides is 1. The van der Waals surface area contributed by atoms with Crippen LogP contribution in [0.5, 0.6) is 5.75 Å². The second kappa shape index (κ2) is 9.62. The Morgan fingerprint density at radius 1 is 1.07 bits per heavy atom. The van der Waals surface area contributed by atoms with Gasteiger partial charge in [-0.25, -0.2) is 8.42 Å². The number of para-hydroxylation sites is 1. The van der Waals surface area contributed by atoms with E-state index in [9.17, 15) is 13.2 Å². The molecule has 162 valence electrons. The number of amides is 1. The summed E-state index contributed by atoms with van der Waals surface area (Å²) in [6.45, 7) is 4.70. The Hall–Kier alpha value is -2.38. The van der Waals surface area contributed by atoms with Crippen molar-refractivity contribution in [3.63, 3.8) is 0 Å². The van der Waals surface area contributed by atoms with Gasteiger partial charge in [0, 0.05) is 24.2 Å². The molecule has 2 aromatic carbocycles. The Balaban J connectivity index is 1.84. The molecule has 0 radical (unpaired) electrons. The topological polar surface area (TPSA) is 75.7 Å². The maximum atomic E-state index is 13.2. The summed E-state index contributed by atoms with van der Waals surface area (Å²) in [4.78, 5) is 13.1. The SMILES string of the molecule is COc1ccccc1[C@H](C)NC(=O)c1ccc(C)c(S(=O)(=O)N2CCCCCC2)c1. The first kappa shape index (κ1) is 22.3. The zero-order valence-corrected chi connectivity index (χ0v) is 18.7. The number of carbonyl (C=O) groups is 1. The summed E-state index contributed by atoms with van der Waals surface area (Å²) in [7, 11) is -2.04. The van der Waals surface area contributed by atoms with Crippen LogP contribution in [0.4, 0.5) is 0 Å². The molecule has 0 bridgehead atoms. The number of benzene rings is 2. The van der Waals surface area contributed by atoms with E-state index in [1.165, 1.54) is 6.07 Å². The average Bonchev–Trinajstić information content (AvgIpc) is 3.04. The van der Waals surface area contributed by atoms with Gasteiger partial charge in [0.15, 0.2) is 0 Å². The average molecular weight is 431 g/mol. The smallest absolute Gasteiger partial charge is 0.251 e. The van der Waals surface area contributed by atoms with Crippen molar-refractivity contribution in [2.75, 3.05) is 20.2 Å². The van der Waals surface area contributed by atoms with Gasteiger partial charge in [0.2, 0.25) is 10.0 Å². The van der Waals surface area contributed by atoms with Crippen LogP contribution in [0, 0.1) is 6.92 Å². The molecule has 1 aliphatic rings. The van der Waals surface area contributed by atoms with E-state index in [-0.39, 0.29) is 16.8 Å². The molecular weight excluding hydrogens is 400 g/mol. The highest BCUT2D eigenvalue weighted by molar-refractivity contribution is 7.89. The van der Waals surface area contributed by atoms with Crippen molar-refractivity contribution in [3.8, 4) is 5.75 Å². The van der Waals surface area contributed by atoms with E-state index in [0.29, 0.717) is 30.0 Å². The summed E-state index contributed by atoms with van der Waals surface area (Å²) in [5, 5.41) is 2.95. The fraction of sp³-hybridized carbons (Fsp3) is 0.435.